The molecule has 1 unspecified atom stereocenters. The summed E-state index contributed by atoms with van der Waals surface area (Å²) in [4.78, 5) is 2.57. The van der Waals surface area contributed by atoms with Crippen LogP contribution in [-0.2, 0) is 6.54 Å². The molecule has 4 heteroatoms. The zero-order valence-electron chi connectivity index (χ0n) is 30.3. The number of aliphatic hydroxyl groups excluding tert-OH is 1. The van der Waals surface area contributed by atoms with Gasteiger partial charge in [0.15, 0.2) is 0 Å². The Morgan fingerprint density at radius 1 is 0.953 bits per heavy atom. The minimum atomic E-state index is 0.0648. The Hall–Kier alpha value is -2.72. The van der Waals surface area contributed by atoms with Crippen molar-refractivity contribution in [3.8, 4) is 0 Å². The van der Waals surface area contributed by atoms with E-state index in [1.807, 2.05) is 34.7 Å². The lowest BCUT2D eigenvalue weighted by Gasteiger charge is -2.30. The largest absolute Gasteiger partial charge is 0.508 e. The smallest absolute Gasteiger partial charge is 0.110 e. The normalized spacial score (nSPS) is 13.8. The minimum absolute atomic E-state index is 0.0648. The van der Waals surface area contributed by atoms with E-state index in [4.69, 9.17) is 10.8 Å². The van der Waals surface area contributed by atoms with Gasteiger partial charge in [-0.25, -0.2) is 0 Å². The maximum atomic E-state index is 8.34. The van der Waals surface area contributed by atoms with Crippen molar-refractivity contribution in [1.29, 1.82) is 0 Å². The quantitative estimate of drug-likeness (QED) is 0.143. The topological polar surface area (TPSA) is 61.5 Å². The molecule has 1 aliphatic rings. The summed E-state index contributed by atoms with van der Waals surface area (Å²) in [5, 5.41) is 11.2. The molecule has 1 atom stereocenters. The van der Waals surface area contributed by atoms with E-state index in [0.717, 1.165) is 40.9 Å². The van der Waals surface area contributed by atoms with E-state index >= 15 is 0 Å². The number of hydrogen-bond donors (Lipinski definition) is 3. The second kappa shape index (κ2) is 28.1. The number of likely N-dealkylation sites (tertiary alicyclic amines) is 1. The molecule has 4 N–H and O–H groups in total. The molecule has 0 bridgehead atoms. The van der Waals surface area contributed by atoms with Gasteiger partial charge in [-0.15, -0.1) is 0 Å². The van der Waals surface area contributed by atoms with Gasteiger partial charge in [-0.05, 0) is 102 Å². The highest BCUT2D eigenvalue weighted by Crippen LogP contribution is 2.18. The first-order valence-corrected chi connectivity index (χ1v) is 16.3. The second-order valence-corrected chi connectivity index (χ2v) is 12.3. The lowest BCUT2D eigenvalue weighted by atomic mass is 9.99. The number of aliphatic hydroxyl groups is 1. The fourth-order valence-electron chi connectivity index (χ4n) is 3.46. The summed E-state index contributed by atoms with van der Waals surface area (Å²) < 4.78 is 0. The van der Waals surface area contributed by atoms with Gasteiger partial charge in [-0.3, -0.25) is 4.90 Å². The van der Waals surface area contributed by atoms with Crippen LogP contribution in [0, 0.1) is 18.8 Å². The third kappa shape index (κ3) is 30.5. The van der Waals surface area contributed by atoms with Crippen LogP contribution >= 0.6 is 0 Å². The first kappa shape index (κ1) is 44.7. The fraction of sp³-hybridized carbons (Fsp3) is 0.590. The van der Waals surface area contributed by atoms with Crippen molar-refractivity contribution in [2.24, 2.45) is 17.6 Å². The van der Waals surface area contributed by atoms with E-state index in [2.05, 4.69) is 95.4 Å². The van der Waals surface area contributed by atoms with Gasteiger partial charge in [-0.1, -0.05) is 122 Å². The van der Waals surface area contributed by atoms with Gasteiger partial charge in [-0.2, -0.15) is 0 Å². The molecule has 0 aromatic heterocycles. The minimum Gasteiger partial charge on any atom is -0.508 e. The Bertz CT molecular complexity index is 902. The molecular weight excluding hydrogens is 526 g/mol. The van der Waals surface area contributed by atoms with Gasteiger partial charge in [0.05, 0.1) is 0 Å². The molecule has 4 nitrogen and oxygen atoms in total. The lowest BCUT2D eigenvalue weighted by molar-refractivity contribution is 0.185. The van der Waals surface area contributed by atoms with Crippen LogP contribution in [-0.4, -0.2) is 30.1 Å². The summed E-state index contributed by atoms with van der Waals surface area (Å²) >= 11 is 0. The first-order chi connectivity index (χ1) is 20.0. The molecule has 0 amide bonds. The number of unbranched alkanes of at least 4 members (excludes halogenated alkanes) is 2. The van der Waals surface area contributed by atoms with Crippen LogP contribution in [0.25, 0.3) is 0 Å². The number of benzene rings is 1. The van der Waals surface area contributed by atoms with Crippen molar-refractivity contribution in [3.63, 3.8) is 0 Å². The highest BCUT2D eigenvalue weighted by molar-refractivity contribution is 5.27. The van der Waals surface area contributed by atoms with Gasteiger partial charge < -0.3 is 16.2 Å². The van der Waals surface area contributed by atoms with Gasteiger partial charge in [0.25, 0.3) is 0 Å². The molecular formula is C39H71N3O. The molecule has 2 rings (SSSR count). The molecule has 1 saturated heterocycles. The Balaban J connectivity index is -0.000000499. The number of hydrogen-bond acceptors (Lipinski definition) is 4. The predicted octanol–water partition coefficient (Wildman–Crippen LogP) is 11.0. The summed E-state index contributed by atoms with van der Waals surface area (Å²) in [5.41, 5.74) is 12.9. The van der Waals surface area contributed by atoms with Gasteiger partial charge in [0.2, 0.25) is 0 Å². The molecule has 1 aliphatic heterocycles. The van der Waals surface area contributed by atoms with Crippen LogP contribution in [0.2, 0.25) is 0 Å². The van der Waals surface area contributed by atoms with Gasteiger partial charge >= 0.3 is 0 Å². The van der Waals surface area contributed by atoms with Crippen LogP contribution < -0.4 is 11.1 Å². The van der Waals surface area contributed by atoms with Gasteiger partial charge in [0.1, 0.15) is 5.76 Å². The number of nitrogens with zero attached hydrogens (tertiary/aromatic N) is 1. The average molecular weight is 598 g/mol. The highest BCUT2D eigenvalue weighted by atomic mass is 16.3. The van der Waals surface area contributed by atoms with E-state index in [1.54, 1.807) is 6.92 Å². The number of piperidine rings is 1. The van der Waals surface area contributed by atoms with Crippen molar-refractivity contribution in [2.45, 2.75) is 121 Å². The lowest BCUT2D eigenvalue weighted by Crippen LogP contribution is -2.32. The molecule has 1 aromatic carbocycles. The third-order valence-electron chi connectivity index (χ3n) is 7.55. The average Bonchev–Trinajstić information content (AvgIpc) is 2.96. The van der Waals surface area contributed by atoms with Crippen LogP contribution in [0.3, 0.4) is 0 Å². The molecule has 0 saturated carbocycles. The van der Waals surface area contributed by atoms with Gasteiger partial charge in [0, 0.05) is 19.3 Å². The summed E-state index contributed by atoms with van der Waals surface area (Å²) in [5.74, 6) is 1.95. The summed E-state index contributed by atoms with van der Waals surface area (Å²) in [6.45, 7) is 38.4. The zero-order valence-corrected chi connectivity index (χ0v) is 30.3. The maximum absolute atomic E-state index is 8.34. The molecule has 0 radical (unpaired) electrons. The molecule has 0 aliphatic carbocycles. The Kier molecular flexibility index (Phi) is 29.2. The summed E-state index contributed by atoms with van der Waals surface area (Å²) in [6.07, 6.45) is 9.73. The van der Waals surface area contributed by atoms with Crippen LogP contribution in [0.15, 0.2) is 84.5 Å². The van der Waals surface area contributed by atoms with E-state index in [0.29, 0.717) is 5.57 Å². The Morgan fingerprint density at radius 2 is 1.42 bits per heavy atom. The summed E-state index contributed by atoms with van der Waals surface area (Å²) in [7, 11) is 1.85. The Morgan fingerprint density at radius 3 is 1.72 bits per heavy atom. The third-order valence-corrected chi connectivity index (χ3v) is 7.55. The van der Waals surface area contributed by atoms with Crippen LogP contribution in [0.4, 0.5) is 0 Å². The van der Waals surface area contributed by atoms with Crippen molar-refractivity contribution < 1.29 is 5.11 Å². The first-order valence-electron chi connectivity index (χ1n) is 16.3. The maximum Gasteiger partial charge on any atom is 0.110 e. The van der Waals surface area contributed by atoms with Crippen LogP contribution in [0.5, 0.6) is 0 Å². The number of allylic oxidation sites excluding steroid dienone is 5. The number of nitrogens with two attached hydrogens (primary N) is 1. The molecule has 43 heavy (non-hydrogen) atoms. The van der Waals surface area contributed by atoms with Crippen molar-refractivity contribution >= 4 is 0 Å². The monoisotopic (exact) mass is 598 g/mol. The van der Waals surface area contributed by atoms with E-state index in [1.165, 1.54) is 69.2 Å². The highest BCUT2D eigenvalue weighted by Gasteiger charge is 2.15. The fourth-order valence-corrected chi connectivity index (χ4v) is 3.46. The van der Waals surface area contributed by atoms with E-state index < -0.39 is 0 Å². The predicted molar refractivity (Wildman–Crippen MR) is 196 cm³/mol. The number of aryl methyl sites for hydroxylation is 1. The standard InChI is InChI=1S/C14H21N.C9H20.C7H13N.C5H8O.C4H9N/c1-12-3-5-14(6-4-12)11-15-9-7-13(2)8-10-15;1-4-6-7-8-9(3)5-2;1-5(2)6(3)7(4)8;1-4(2)5(3)6;1-4(2)5-3/h3-6,13H,7-11H2,1-2H3;9H,4-8H2,1-3H3;1,8H2,2-4H3;6H,1,3H2,2H3;5H,1H2,2-3H3/b;;7-6-;;. The second-order valence-electron chi connectivity index (χ2n) is 12.3. The molecule has 0 spiro atoms. The van der Waals surface area contributed by atoms with Crippen molar-refractivity contribution in [2.75, 3.05) is 20.1 Å². The molecule has 248 valence electrons. The van der Waals surface area contributed by atoms with E-state index in [9.17, 15) is 0 Å². The molecule has 1 aromatic rings. The van der Waals surface area contributed by atoms with Crippen molar-refractivity contribution in [3.05, 3.63) is 95.6 Å². The van der Waals surface area contributed by atoms with Crippen molar-refractivity contribution in [1.82, 2.24) is 10.2 Å². The molecule has 1 heterocycles. The zero-order chi connectivity index (χ0) is 34.0. The number of rotatable bonds is 10. The summed E-state index contributed by atoms with van der Waals surface area (Å²) in [6, 6.07) is 8.94. The SMILES string of the molecule is C=C(C)/C(C)=C(/C)N.C=C(C)C(=C)O.C=C(C)NC.CCCCCC(C)CC.Cc1ccc(CN2CCC(C)CC2)cc1. The Labute approximate surface area is 268 Å². The number of nitrogens with one attached hydrogen (secondary N) is 1. The van der Waals surface area contributed by atoms with Crippen LogP contribution in [0.1, 0.15) is 118 Å². The van der Waals surface area contributed by atoms with E-state index in [-0.39, 0.29) is 5.76 Å². The molecule has 1 fully saturated rings.